The van der Waals surface area contributed by atoms with Crippen LogP contribution < -0.4 is 5.73 Å². The van der Waals surface area contributed by atoms with Crippen molar-refractivity contribution >= 4 is 5.91 Å². The molecule has 0 aliphatic heterocycles. The van der Waals surface area contributed by atoms with Crippen LogP contribution in [0.25, 0.3) is 0 Å². The average Bonchev–Trinajstić information content (AvgIpc) is 2.47. The Kier molecular flexibility index (Phi) is 2.99. The summed E-state index contributed by atoms with van der Waals surface area (Å²) in [6.45, 7) is 8.28. The molecule has 78 valence electrons. The number of hydrogen-bond acceptors (Lipinski definition) is 1. The molecular formula is C11H18N2O. The molecule has 3 nitrogen and oxygen atoms in total. The van der Waals surface area contributed by atoms with E-state index in [-0.39, 0.29) is 5.91 Å². The van der Waals surface area contributed by atoms with Gasteiger partial charge >= 0.3 is 0 Å². The Morgan fingerprint density at radius 1 is 1.29 bits per heavy atom. The molecule has 1 heterocycles. The number of aromatic amines is 1. The van der Waals surface area contributed by atoms with E-state index < -0.39 is 0 Å². The summed E-state index contributed by atoms with van der Waals surface area (Å²) in [6, 6.07) is 2.04. The molecule has 14 heavy (non-hydrogen) atoms. The summed E-state index contributed by atoms with van der Waals surface area (Å²) in [6.07, 6.45) is 0. The summed E-state index contributed by atoms with van der Waals surface area (Å²) >= 11 is 0. The zero-order chi connectivity index (χ0) is 10.9. The molecule has 0 radical (unpaired) electrons. The third kappa shape index (κ3) is 1.97. The van der Waals surface area contributed by atoms with Crippen molar-refractivity contribution in [3.05, 3.63) is 23.0 Å². The van der Waals surface area contributed by atoms with Gasteiger partial charge in [-0.25, -0.2) is 0 Å². The molecule has 0 aromatic carbocycles. The average molecular weight is 194 g/mol. The lowest BCUT2D eigenvalue weighted by Gasteiger charge is -2.02. The van der Waals surface area contributed by atoms with Crippen LogP contribution in [0.1, 0.15) is 61.3 Å². The second kappa shape index (κ2) is 3.86. The molecule has 0 fully saturated rings. The van der Waals surface area contributed by atoms with Gasteiger partial charge in [-0.2, -0.15) is 0 Å². The van der Waals surface area contributed by atoms with Gasteiger partial charge in [-0.1, -0.05) is 27.7 Å². The predicted octanol–water partition coefficient (Wildman–Crippen LogP) is 2.36. The van der Waals surface area contributed by atoms with Crippen molar-refractivity contribution in [3.8, 4) is 0 Å². The van der Waals surface area contributed by atoms with Crippen molar-refractivity contribution in [2.24, 2.45) is 5.73 Å². The van der Waals surface area contributed by atoms with Gasteiger partial charge in [-0.15, -0.1) is 0 Å². The molecule has 0 aliphatic rings. The Bertz CT molecular complexity index is 337. The normalized spacial score (nSPS) is 11.3. The number of carbonyl (C=O) groups is 1. The molecule has 0 unspecified atom stereocenters. The fraction of sp³-hybridized carbons (Fsp3) is 0.545. The minimum absolute atomic E-state index is 0.321. The van der Waals surface area contributed by atoms with Crippen LogP contribution in [-0.4, -0.2) is 10.9 Å². The molecule has 0 bridgehead atoms. The summed E-state index contributed by atoms with van der Waals surface area (Å²) in [5.41, 5.74) is 7.94. The molecule has 3 N–H and O–H groups in total. The van der Waals surface area contributed by atoms with Gasteiger partial charge in [-0.3, -0.25) is 4.79 Å². The molecule has 1 rings (SSSR count). The van der Waals surface area contributed by atoms with Crippen molar-refractivity contribution in [1.82, 2.24) is 4.98 Å². The molecule has 3 heteroatoms. The lowest BCUT2D eigenvalue weighted by molar-refractivity contribution is 0.0995. The largest absolute Gasteiger partial charge is 0.364 e. The molecule has 1 amide bonds. The Balaban J connectivity index is 3.19. The Hall–Kier alpha value is -1.25. The van der Waals surface area contributed by atoms with Crippen LogP contribution in [0.15, 0.2) is 6.07 Å². The smallest absolute Gasteiger partial charge is 0.265 e. The van der Waals surface area contributed by atoms with Crippen LogP contribution in [0.4, 0.5) is 0 Å². The van der Waals surface area contributed by atoms with E-state index in [0.717, 1.165) is 11.3 Å². The fourth-order valence-corrected chi connectivity index (χ4v) is 1.46. The molecule has 0 atom stereocenters. The van der Waals surface area contributed by atoms with Crippen LogP contribution in [0.2, 0.25) is 0 Å². The quantitative estimate of drug-likeness (QED) is 0.762. The number of nitrogens with two attached hydrogens (primary N) is 1. The van der Waals surface area contributed by atoms with Crippen LogP contribution in [0.5, 0.6) is 0 Å². The summed E-state index contributed by atoms with van der Waals surface area (Å²) in [4.78, 5) is 14.2. The van der Waals surface area contributed by atoms with E-state index in [2.05, 4.69) is 32.7 Å². The minimum atomic E-state index is -0.374. The van der Waals surface area contributed by atoms with Crippen LogP contribution in [-0.2, 0) is 0 Å². The highest BCUT2D eigenvalue weighted by Crippen LogP contribution is 2.24. The van der Waals surface area contributed by atoms with Crippen LogP contribution >= 0.6 is 0 Å². The molecule has 0 aliphatic carbocycles. The van der Waals surface area contributed by atoms with E-state index in [1.165, 1.54) is 0 Å². The van der Waals surface area contributed by atoms with Crippen molar-refractivity contribution < 1.29 is 4.79 Å². The van der Waals surface area contributed by atoms with Crippen molar-refractivity contribution in [3.63, 3.8) is 0 Å². The summed E-state index contributed by atoms with van der Waals surface area (Å²) in [7, 11) is 0. The Labute approximate surface area is 84.7 Å². The van der Waals surface area contributed by atoms with Gasteiger partial charge in [0.25, 0.3) is 5.91 Å². The number of aromatic nitrogens is 1. The first-order chi connectivity index (χ1) is 6.43. The summed E-state index contributed by atoms with van der Waals surface area (Å²) < 4.78 is 0. The van der Waals surface area contributed by atoms with E-state index in [4.69, 9.17) is 5.73 Å². The molecule has 0 saturated carbocycles. The van der Waals surface area contributed by atoms with E-state index in [9.17, 15) is 4.79 Å². The highest BCUT2D eigenvalue weighted by molar-refractivity contribution is 5.92. The first-order valence-corrected chi connectivity index (χ1v) is 4.96. The second-order valence-electron chi connectivity index (χ2n) is 4.23. The number of nitrogens with one attached hydrogen (secondary N) is 1. The van der Waals surface area contributed by atoms with E-state index in [1.807, 2.05) is 6.07 Å². The third-order valence-electron chi connectivity index (χ3n) is 2.36. The Morgan fingerprint density at radius 2 is 1.86 bits per heavy atom. The maximum absolute atomic E-state index is 11.2. The third-order valence-corrected chi connectivity index (χ3v) is 2.36. The number of carbonyl (C=O) groups excluding carboxylic acids is 1. The zero-order valence-electron chi connectivity index (χ0n) is 9.22. The van der Waals surface area contributed by atoms with Crippen molar-refractivity contribution in [2.75, 3.05) is 0 Å². The van der Waals surface area contributed by atoms with E-state index in [1.54, 1.807) is 0 Å². The van der Waals surface area contributed by atoms with Gasteiger partial charge in [0.2, 0.25) is 0 Å². The van der Waals surface area contributed by atoms with Gasteiger partial charge < -0.3 is 10.7 Å². The number of hydrogen-bond donors (Lipinski definition) is 2. The predicted molar refractivity (Wildman–Crippen MR) is 57.5 cm³/mol. The van der Waals surface area contributed by atoms with Crippen molar-refractivity contribution in [2.45, 2.75) is 39.5 Å². The molecule has 1 aromatic heterocycles. The highest BCUT2D eigenvalue weighted by atomic mass is 16.1. The van der Waals surface area contributed by atoms with Crippen LogP contribution in [0, 0.1) is 0 Å². The number of H-pyrrole nitrogens is 1. The van der Waals surface area contributed by atoms with Crippen molar-refractivity contribution in [1.29, 1.82) is 0 Å². The summed E-state index contributed by atoms with van der Waals surface area (Å²) in [5, 5.41) is 0. The SMILES string of the molecule is CC(C)c1cc(C(C)C)c(C(N)=O)[nH]1. The van der Waals surface area contributed by atoms with Crippen LogP contribution in [0.3, 0.4) is 0 Å². The lowest BCUT2D eigenvalue weighted by Crippen LogP contribution is -2.14. The topological polar surface area (TPSA) is 58.9 Å². The standard InChI is InChI=1S/C11H18N2O/c1-6(2)8-5-9(7(3)4)13-10(8)11(12)14/h5-7,13H,1-4H3,(H2,12,14). The van der Waals surface area contributed by atoms with Gasteiger partial charge in [-0.05, 0) is 23.5 Å². The number of amides is 1. The Morgan fingerprint density at radius 3 is 2.14 bits per heavy atom. The first-order valence-electron chi connectivity index (χ1n) is 4.96. The zero-order valence-corrected chi connectivity index (χ0v) is 9.22. The summed E-state index contributed by atoms with van der Waals surface area (Å²) in [5.74, 6) is 0.336. The molecular weight excluding hydrogens is 176 g/mol. The lowest BCUT2D eigenvalue weighted by atomic mass is 10.0. The van der Waals surface area contributed by atoms with Gasteiger partial charge in [0.1, 0.15) is 5.69 Å². The van der Waals surface area contributed by atoms with E-state index in [0.29, 0.717) is 17.5 Å². The maximum Gasteiger partial charge on any atom is 0.265 e. The van der Waals surface area contributed by atoms with Gasteiger partial charge in [0.15, 0.2) is 0 Å². The minimum Gasteiger partial charge on any atom is -0.364 e. The molecule has 1 aromatic rings. The maximum atomic E-state index is 11.2. The van der Waals surface area contributed by atoms with Gasteiger partial charge in [0.05, 0.1) is 0 Å². The number of rotatable bonds is 3. The molecule has 0 saturated heterocycles. The monoisotopic (exact) mass is 194 g/mol. The highest BCUT2D eigenvalue weighted by Gasteiger charge is 2.16. The van der Waals surface area contributed by atoms with Gasteiger partial charge in [0, 0.05) is 5.69 Å². The fourth-order valence-electron chi connectivity index (χ4n) is 1.46. The second-order valence-corrected chi connectivity index (χ2v) is 4.23. The molecule has 0 spiro atoms. The first kappa shape index (κ1) is 10.8. The van der Waals surface area contributed by atoms with E-state index >= 15 is 0 Å². The number of primary amides is 1.